The Labute approximate surface area is 71.8 Å². The monoisotopic (exact) mass is 248 g/mol. The highest BCUT2D eigenvalue weighted by molar-refractivity contribution is 14.1. The Morgan fingerprint density at radius 1 is 1.70 bits per heavy atom. The van der Waals surface area contributed by atoms with Gasteiger partial charge < -0.3 is 5.73 Å². The van der Waals surface area contributed by atoms with Crippen LogP contribution in [-0.2, 0) is 0 Å². The van der Waals surface area contributed by atoms with E-state index in [0.717, 1.165) is 3.57 Å². The molecule has 0 aliphatic carbocycles. The maximum atomic E-state index is 10.2. The largest absolute Gasteiger partial charge is 0.397 e. The molecule has 0 saturated carbocycles. The Morgan fingerprint density at radius 3 is 2.90 bits per heavy atom. The van der Waals surface area contributed by atoms with Gasteiger partial charge in [-0.25, -0.2) is 0 Å². The van der Waals surface area contributed by atoms with Gasteiger partial charge in [0.25, 0.3) is 0 Å². The van der Waals surface area contributed by atoms with E-state index >= 15 is 0 Å². The Hall–Kier alpha value is -0.650. The molecule has 0 atom stereocenters. The van der Waals surface area contributed by atoms with Gasteiger partial charge in [0, 0.05) is 9.77 Å². The summed E-state index contributed by atoms with van der Waals surface area (Å²) >= 11 is 2.08. The second-order valence-electron chi connectivity index (χ2n) is 1.75. The highest BCUT2D eigenvalue weighted by atomic mass is 127. The lowest BCUT2D eigenvalue weighted by Gasteiger charge is -1.95. The van der Waals surface area contributed by atoms with Crippen LogP contribution in [0.3, 0.4) is 0 Å². The molecule has 0 aromatic carbocycles. The van der Waals surface area contributed by atoms with Crippen molar-refractivity contribution in [3.8, 4) is 0 Å². The minimum atomic E-state index is 0.306. The Bertz CT molecular complexity index is 262. The minimum Gasteiger partial charge on any atom is -0.397 e. The van der Waals surface area contributed by atoms with E-state index < -0.39 is 0 Å². The van der Waals surface area contributed by atoms with Gasteiger partial charge in [-0.3, -0.25) is 9.78 Å². The zero-order valence-corrected chi connectivity index (χ0v) is 7.20. The van der Waals surface area contributed by atoms with Crippen molar-refractivity contribution >= 4 is 34.6 Å². The van der Waals surface area contributed by atoms with Crippen LogP contribution in [0.15, 0.2) is 12.3 Å². The van der Waals surface area contributed by atoms with Crippen LogP contribution in [-0.4, -0.2) is 11.3 Å². The number of nitrogens with two attached hydrogens (primary N) is 1. The van der Waals surface area contributed by atoms with E-state index in [9.17, 15) is 4.79 Å². The molecular formula is C6H5IN2O. The van der Waals surface area contributed by atoms with Crippen LogP contribution in [0.4, 0.5) is 5.69 Å². The zero-order chi connectivity index (χ0) is 7.56. The molecule has 0 bridgehead atoms. The third-order valence-electron chi connectivity index (χ3n) is 1.03. The van der Waals surface area contributed by atoms with E-state index in [-0.39, 0.29) is 0 Å². The number of rotatable bonds is 1. The number of pyridine rings is 1. The van der Waals surface area contributed by atoms with E-state index in [0.29, 0.717) is 17.7 Å². The summed E-state index contributed by atoms with van der Waals surface area (Å²) in [7, 11) is 0. The quantitative estimate of drug-likeness (QED) is 0.597. The van der Waals surface area contributed by atoms with Crippen LogP contribution in [0, 0.1) is 3.57 Å². The maximum absolute atomic E-state index is 10.2. The van der Waals surface area contributed by atoms with Gasteiger partial charge in [-0.15, -0.1) is 0 Å². The summed E-state index contributed by atoms with van der Waals surface area (Å²) in [6, 6.07) is 1.71. The fourth-order valence-electron chi connectivity index (χ4n) is 0.564. The molecule has 3 nitrogen and oxygen atoms in total. The van der Waals surface area contributed by atoms with Crippen LogP contribution in [0.25, 0.3) is 0 Å². The molecule has 1 aromatic rings. The molecule has 1 rings (SSSR count). The standard InChI is InChI=1S/C6H5IN2O/c7-4-1-5(8)6(3-10)9-2-4/h1-3H,8H2. The first-order valence-corrected chi connectivity index (χ1v) is 3.68. The van der Waals surface area contributed by atoms with Crippen LogP contribution >= 0.6 is 22.6 Å². The average molecular weight is 248 g/mol. The van der Waals surface area contributed by atoms with Gasteiger partial charge in [0.05, 0.1) is 5.69 Å². The number of aldehydes is 1. The Balaban J connectivity index is 3.19. The number of carbonyl (C=O) groups excluding carboxylic acids is 1. The molecule has 0 radical (unpaired) electrons. The van der Waals surface area contributed by atoms with Gasteiger partial charge in [-0.1, -0.05) is 0 Å². The predicted octanol–water partition coefficient (Wildman–Crippen LogP) is 1.08. The number of halogens is 1. The molecule has 1 aromatic heterocycles. The first kappa shape index (κ1) is 7.46. The predicted molar refractivity (Wildman–Crippen MR) is 46.8 cm³/mol. The van der Waals surface area contributed by atoms with Crippen molar-refractivity contribution in [3.05, 3.63) is 21.5 Å². The van der Waals surface area contributed by atoms with Crippen molar-refractivity contribution in [1.82, 2.24) is 4.98 Å². The second-order valence-corrected chi connectivity index (χ2v) is 2.99. The van der Waals surface area contributed by atoms with Crippen LogP contribution in [0.2, 0.25) is 0 Å². The van der Waals surface area contributed by atoms with Crippen LogP contribution < -0.4 is 5.73 Å². The molecule has 10 heavy (non-hydrogen) atoms. The van der Waals surface area contributed by atoms with Crippen molar-refractivity contribution in [2.75, 3.05) is 5.73 Å². The zero-order valence-electron chi connectivity index (χ0n) is 5.04. The van der Waals surface area contributed by atoms with Gasteiger partial charge in [0.1, 0.15) is 5.69 Å². The molecule has 0 amide bonds. The summed E-state index contributed by atoms with van der Waals surface area (Å²) < 4.78 is 0.931. The van der Waals surface area contributed by atoms with Gasteiger partial charge in [0.15, 0.2) is 6.29 Å². The summed E-state index contributed by atoms with van der Waals surface area (Å²) in [6.07, 6.45) is 2.24. The molecule has 0 fully saturated rings. The number of nitrogens with zero attached hydrogens (tertiary/aromatic N) is 1. The van der Waals surface area contributed by atoms with E-state index in [1.54, 1.807) is 12.3 Å². The van der Waals surface area contributed by atoms with E-state index in [1.807, 2.05) is 0 Å². The van der Waals surface area contributed by atoms with Crippen LogP contribution in [0.5, 0.6) is 0 Å². The minimum absolute atomic E-state index is 0.306. The third-order valence-corrected chi connectivity index (χ3v) is 1.62. The van der Waals surface area contributed by atoms with Gasteiger partial charge in [-0.05, 0) is 28.7 Å². The first-order valence-electron chi connectivity index (χ1n) is 2.60. The lowest BCUT2D eigenvalue weighted by molar-refractivity contribution is 0.112. The molecule has 1 heterocycles. The van der Waals surface area contributed by atoms with E-state index in [4.69, 9.17) is 5.73 Å². The molecule has 2 N–H and O–H groups in total. The number of aromatic nitrogens is 1. The number of hydrogen-bond donors (Lipinski definition) is 1. The van der Waals surface area contributed by atoms with Crippen molar-refractivity contribution in [3.63, 3.8) is 0 Å². The number of nitrogen functional groups attached to an aromatic ring is 1. The fraction of sp³-hybridized carbons (Fsp3) is 0. The molecule has 0 spiro atoms. The highest BCUT2D eigenvalue weighted by Gasteiger charge is 1.97. The second kappa shape index (κ2) is 2.96. The van der Waals surface area contributed by atoms with Gasteiger partial charge >= 0.3 is 0 Å². The lowest BCUT2D eigenvalue weighted by atomic mass is 10.3. The summed E-state index contributed by atoms with van der Waals surface area (Å²) in [4.78, 5) is 14.0. The SMILES string of the molecule is Nc1cc(I)cnc1C=O. The molecule has 0 saturated heterocycles. The molecular weight excluding hydrogens is 243 g/mol. The topological polar surface area (TPSA) is 56.0 Å². The molecule has 0 unspecified atom stereocenters. The number of carbonyl (C=O) groups is 1. The van der Waals surface area contributed by atoms with E-state index in [2.05, 4.69) is 27.6 Å². The molecule has 52 valence electrons. The van der Waals surface area contributed by atoms with Crippen molar-refractivity contribution in [2.45, 2.75) is 0 Å². The maximum Gasteiger partial charge on any atom is 0.170 e. The normalized spacial score (nSPS) is 9.30. The summed E-state index contributed by atoms with van der Waals surface area (Å²) in [5, 5.41) is 0. The van der Waals surface area contributed by atoms with E-state index in [1.165, 1.54) is 0 Å². The molecule has 0 aliphatic heterocycles. The van der Waals surface area contributed by atoms with Crippen molar-refractivity contribution in [1.29, 1.82) is 0 Å². The molecule has 0 aliphatic rings. The third kappa shape index (κ3) is 1.44. The average Bonchev–Trinajstić information content (AvgIpc) is 1.88. The highest BCUT2D eigenvalue weighted by Crippen LogP contribution is 2.10. The fourth-order valence-corrected chi connectivity index (χ4v) is 1.04. The summed E-state index contributed by atoms with van der Waals surface area (Å²) in [6.45, 7) is 0. The Morgan fingerprint density at radius 2 is 2.40 bits per heavy atom. The smallest absolute Gasteiger partial charge is 0.170 e. The van der Waals surface area contributed by atoms with Gasteiger partial charge in [0.2, 0.25) is 0 Å². The van der Waals surface area contributed by atoms with Crippen LogP contribution in [0.1, 0.15) is 10.5 Å². The Kier molecular flexibility index (Phi) is 2.21. The molecule has 4 heteroatoms. The van der Waals surface area contributed by atoms with Crippen molar-refractivity contribution < 1.29 is 4.79 Å². The summed E-state index contributed by atoms with van der Waals surface area (Å²) in [5.74, 6) is 0. The van der Waals surface area contributed by atoms with Gasteiger partial charge in [-0.2, -0.15) is 0 Å². The van der Waals surface area contributed by atoms with Crippen molar-refractivity contribution in [2.24, 2.45) is 0 Å². The summed E-state index contributed by atoms with van der Waals surface area (Å²) in [5.41, 5.74) is 6.17. The number of anilines is 1. The first-order chi connectivity index (χ1) is 4.74. The number of hydrogen-bond acceptors (Lipinski definition) is 3. The lowest BCUT2D eigenvalue weighted by Crippen LogP contribution is -1.96.